The number of esters is 1. The molecule has 25 heavy (non-hydrogen) atoms. The van der Waals surface area contributed by atoms with Gasteiger partial charge in [0.25, 0.3) is 5.91 Å². The van der Waals surface area contributed by atoms with Gasteiger partial charge in [-0.25, -0.2) is 4.79 Å². The van der Waals surface area contributed by atoms with E-state index in [1.165, 1.54) is 11.8 Å². The van der Waals surface area contributed by atoms with Crippen LogP contribution < -0.4 is 4.74 Å². The van der Waals surface area contributed by atoms with Crippen molar-refractivity contribution in [3.05, 3.63) is 65.2 Å². The van der Waals surface area contributed by atoms with Crippen LogP contribution in [0.25, 0.3) is 0 Å². The molecule has 2 aromatic carbocycles. The number of carbonyl (C=O) groups is 2. The molecule has 1 unspecified atom stereocenters. The molecule has 1 amide bonds. The lowest BCUT2D eigenvalue weighted by molar-refractivity contribution is -0.160. The van der Waals surface area contributed by atoms with Crippen molar-refractivity contribution in [1.29, 1.82) is 0 Å². The van der Waals surface area contributed by atoms with E-state index in [0.29, 0.717) is 17.3 Å². The molecular formula is C19H20ClNO4. The zero-order valence-electron chi connectivity index (χ0n) is 14.1. The Morgan fingerprint density at radius 3 is 2.40 bits per heavy atom. The first kappa shape index (κ1) is 18.8. The van der Waals surface area contributed by atoms with Gasteiger partial charge < -0.3 is 14.4 Å². The number of hydrogen-bond donors (Lipinski definition) is 0. The number of hydrogen-bond acceptors (Lipinski definition) is 4. The van der Waals surface area contributed by atoms with Crippen molar-refractivity contribution < 1.29 is 19.1 Å². The summed E-state index contributed by atoms with van der Waals surface area (Å²) in [6.07, 6.45) is -0.893. The molecule has 0 heterocycles. The first-order valence-electron chi connectivity index (χ1n) is 7.83. The third-order valence-electron chi connectivity index (χ3n) is 3.48. The number of para-hydroxylation sites is 1. The Hall–Kier alpha value is -2.53. The largest absolute Gasteiger partial charge is 0.480 e. The van der Waals surface area contributed by atoms with Gasteiger partial charge in [-0.2, -0.15) is 0 Å². The number of benzene rings is 2. The van der Waals surface area contributed by atoms with Gasteiger partial charge >= 0.3 is 5.97 Å². The van der Waals surface area contributed by atoms with E-state index in [2.05, 4.69) is 0 Å². The molecule has 1 atom stereocenters. The van der Waals surface area contributed by atoms with Crippen LogP contribution in [0, 0.1) is 0 Å². The van der Waals surface area contributed by atoms with Crippen molar-refractivity contribution in [1.82, 2.24) is 4.90 Å². The van der Waals surface area contributed by atoms with Gasteiger partial charge in [0.15, 0.2) is 12.7 Å². The predicted molar refractivity (Wildman–Crippen MR) is 95.4 cm³/mol. The average molecular weight is 362 g/mol. The van der Waals surface area contributed by atoms with Gasteiger partial charge in [0.1, 0.15) is 5.75 Å². The average Bonchev–Trinajstić information content (AvgIpc) is 2.61. The van der Waals surface area contributed by atoms with Gasteiger partial charge in [0.05, 0.1) is 5.02 Å². The van der Waals surface area contributed by atoms with Crippen LogP contribution in [-0.2, 0) is 20.9 Å². The predicted octanol–water partition coefficient (Wildman–Crippen LogP) is 3.31. The summed E-state index contributed by atoms with van der Waals surface area (Å²) in [5, 5.41) is 0.405. The zero-order valence-corrected chi connectivity index (χ0v) is 14.9. The molecule has 0 aliphatic carbocycles. The number of nitrogens with zero attached hydrogens (tertiary/aromatic N) is 1. The van der Waals surface area contributed by atoms with Gasteiger partial charge in [-0.15, -0.1) is 0 Å². The van der Waals surface area contributed by atoms with E-state index in [0.717, 1.165) is 5.56 Å². The normalized spacial score (nSPS) is 11.5. The van der Waals surface area contributed by atoms with Crippen molar-refractivity contribution in [3.63, 3.8) is 0 Å². The van der Waals surface area contributed by atoms with Crippen molar-refractivity contribution in [2.75, 3.05) is 13.7 Å². The highest BCUT2D eigenvalue weighted by molar-refractivity contribution is 6.32. The molecule has 0 spiro atoms. The SMILES string of the molecule is CC(OC(=O)COc1ccccc1Cl)C(=O)N(C)Cc1ccccc1. The maximum atomic E-state index is 12.3. The lowest BCUT2D eigenvalue weighted by Gasteiger charge is -2.21. The number of ether oxygens (including phenoxy) is 2. The van der Waals surface area contributed by atoms with Crippen molar-refractivity contribution in [3.8, 4) is 5.75 Å². The Balaban J connectivity index is 1.81. The van der Waals surface area contributed by atoms with E-state index in [9.17, 15) is 9.59 Å². The minimum Gasteiger partial charge on any atom is -0.480 e. The quantitative estimate of drug-likeness (QED) is 0.710. The monoisotopic (exact) mass is 361 g/mol. The van der Waals surface area contributed by atoms with Crippen LogP contribution in [0.2, 0.25) is 5.02 Å². The van der Waals surface area contributed by atoms with Crippen LogP contribution >= 0.6 is 11.6 Å². The summed E-state index contributed by atoms with van der Waals surface area (Å²) in [7, 11) is 1.67. The van der Waals surface area contributed by atoms with E-state index in [-0.39, 0.29) is 12.5 Å². The van der Waals surface area contributed by atoms with Crippen LogP contribution in [0.4, 0.5) is 0 Å². The molecule has 0 bridgehead atoms. The fourth-order valence-corrected chi connectivity index (χ4v) is 2.42. The highest BCUT2D eigenvalue weighted by Crippen LogP contribution is 2.22. The second-order valence-electron chi connectivity index (χ2n) is 5.53. The molecule has 0 radical (unpaired) electrons. The molecule has 2 aromatic rings. The molecular weight excluding hydrogens is 342 g/mol. The summed E-state index contributed by atoms with van der Waals surface area (Å²) in [4.78, 5) is 25.7. The van der Waals surface area contributed by atoms with Crippen LogP contribution in [0.3, 0.4) is 0 Å². The van der Waals surface area contributed by atoms with Crippen molar-refractivity contribution in [2.24, 2.45) is 0 Å². The summed E-state index contributed by atoms with van der Waals surface area (Å²) < 4.78 is 10.4. The lowest BCUT2D eigenvalue weighted by atomic mass is 10.2. The topological polar surface area (TPSA) is 55.8 Å². The molecule has 0 fully saturated rings. The first-order chi connectivity index (χ1) is 12.0. The molecule has 0 N–H and O–H groups in total. The van der Waals surface area contributed by atoms with E-state index in [1.807, 2.05) is 30.3 Å². The Kier molecular flexibility index (Phi) is 6.83. The summed E-state index contributed by atoms with van der Waals surface area (Å²) in [6.45, 7) is 1.67. The van der Waals surface area contributed by atoms with Gasteiger partial charge in [-0.1, -0.05) is 54.1 Å². The smallest absolute Gasteiger partial charge is 0.344 e. The molecule has 5 nitrogen and oxygen atoms in total. The Labute approximate surface area is 152 Å². The highest BCUT2D eigenvalue weighted by Gasteiger charge is 2.22. The maximum absolute atomic E-state index is 12.3. The number of carbonyl (C=O) groups excluding carboxylic acids is 2. The third kappa shape index (κ3) is 5.80. The van der Waals surface area contributed by atoms with Crippen LogP contribution in [-0.4, -0.2) is 36.5 Å². The molecule has 0 aromatic heterocycles. The maximum Gasteiger partial charge on any atom is 0.344 e. The summed E-state index contributed by atoms with van der Waals surface area (Å²) in [6, 6.07) is 16.4. The van der Waals surface area contributed by atoms with E-state index >= 15 is 0 Å². The molecule has 0 saturated heterocycles. The first-order valence-corrected chi connectivity index (χ1v) is 8.21. The fraction of sp³-hybridized carbons (Fsp3) is 0.263. The molecule has 6 heteroatoms. The Bertz CT molecular complexity index is 720. The fourth-order valence-electron chi connectivity index (χ4n) is 2.23. The lowest BCUT2D eigenvalue weighted by Crippen LogP contribution is -2.37. The number of likely N-dealkylation sites (N-methyl/N-ethyl adjacent to an activating group) is 1. The summed E-state index contributed by atoms with van der Waals surface area (Å²) in [5.74, 6) is -0.523. The van der Waals surface area contributed by atoms with E-state index in [4.69, 9.17) is 21.1 Å². The third-order valence-corrected chi connectivity index (χ3v) is 3.79. The molecule has 2 rings (SSSR count). The second kappa shape index (κ2) is 9.08. The second-order valence-corrected chi connectivity index (χ2v) is 5.94. The number of amides is 1. The van der Waals surface area contributed by atoms with Crippen LogP contribution in [0.5, 0.6) is 5.75 Å². The van der Waals surface area contributed by atoms with E-state index in [1.54, 1.807) is 31.3 Å². The number of halogens is 1. The number of rotatable bonds is 7. The summed E-state index contributed by atoms with van der Waals surface area (Å²) >= 11 is 5.94. The van der Waals surface area contributed by atoms with Crippen LogP contribution in [0.15, 0.2) is 54.6 Å². The Morgan fingerprint density at radius 2 is 1.72 bits per heavy atom. The van der Waals surface area contributed by atoms with Gasteiger partial charge in [-0.05, 0) is 24.6 Å². The van der Waals surface area contributed by atoms with Crippen molar-refractivity contribution >= 4 is 23.5 Å². The zero-order chi connectivity index (χ0) is 18.2. The van der Waals surface area contributed by atoms with Gasteiger partial charge in [-0.3, -0.25) is 4.79 Å². The minimum atomic E-state index is -0.893. The van der Waals surface area contributed by atoms with Gasteiger partial charge in [0.2, 0.25) is 0 Å². The van der Waals surface area contributed by atoms with Gasteiger partial charge in [0, 0.05) is 13.6 Å². The van der Waals surface area contributed by atoms with Crippen LogP contribution in [0.1, 0.15) is 12.5 Å². The molecule has 0 saturated carbocycles. The molecule has 132 valence electrons. The van der Waals surface area contributed by atoms with Crippen molar-refractivity contribution in [2.45, 2.75) is 19.6 Å². The standard InChI is InChI=1S/C19H20ClNO4/c1-14(19(23)21(2)12-15-8-4-3-5-9-15)25-18(22)13-24-17-11-7-6-10-16(17)20/h3-11,14H,12-13H2,1-2H3. The molecule has 0 aliphatic rings. The highest BCUT2D eigenvalue weighted by atomic mass is 35.5. The van der Waals surface area contributed by atoms with E-state index < -0.39 is 12.1 Å². The minimum absolute atomic E-state index is 0.282. The molecule has 0 aliphatic heterocycles. The summed E-state index contributed by atoms with van der Waals surface area (Å²) in [5.41, 5.74) is 0.999. The Morgan fingerprint density at radius 1 is 1.08 bits per heavy atom.